The van der Waals surface area contributed by atoms with Crippen molar-refractivity contribution < 1.29 is 9.53 Å². The smallest absolute Gasteiger partial charge is 0.258 e. The summed E-state index contributed by atoms with van der Waals surface area (Å²) in [6, 6.07) is 5.46. The van der Waals surface area contributed by atoms with Gasteiger partial charge in [0.05, 0.1) is 5.02 Å². The first-order valence-corrected chi connectivity index (χ1v) is 5.86. The molecule has 0 radical (unpaired) electrons. The zero-order valence-electron chi connectivity index (χ0n) is 10.6. The van der Waals surface area contributed by atoms with Crippen molar-refractivity contribution in [3.63, 3.8) is 0 Å². The molecule has 4 heteroatoms. The Hall–Kier alpha value is -1.22. The van der Waals surface area contributed by atoms with E-state index in [0.717, 1.165) is 5.56 Å². The number of nitrogens with one attached hydrogen (secondary N) is 1. The third-order valence-corrected chi connectivity index (χ3v) is 2.27. The van der Waals surface area contributed by atoms with Crippen LogP contribution >= 0.6 is 11.6 Å². The Kier molecular flexibility index (Phi) is 4.40. The molecule has 0 fully saturated rings. The molecule has 1 amide bonds. The maximum absolute atomic E-state index is 11.5. The van der Waals surface area contributed by atoms with E-state index in [-0.39, 0.29) is 18.1 Å². The van der Waals surface area contributed by atoms with Crippen molar-refractivity contribution in [1.29, 1.82) is 0 Å². The Morgan fingerprint density at radius 1 is 1.41 bits per heavy atom. The minimum absolute atomic E-state index is 0.0273. The van der Waals surface area contributed by atoms with Crippen LogP contribution in [0.15, 0.2) is 18.2 Å². The lowest BCUT2D eigenvalue weighted by Gasteiger charge is -2.20. The average molecular weight is 256 g/mol. The van der Waals surface area contributed by atoms with E-state index in [0.29, 0.717) is 10.8 Å². The zero-order chi connectivity index (χ0) is 13.1. The first-order valence-electron chi connectivity index (χ1n) is 5.48. The highest BCUT2D eigenvalue weighted by atomic mass is 35.5. The molecule has 0 unspecified atom stereocenters. The van der Waals surface area contributed by atoms with Crippen molar-refractivity contribution in [2.24, 2.45) is 0 Å². The Bertz CT molecular complexity index is 410. The molecule has 0 spiro atoms. The molecule has 17 heavy (non-hydrogen) atoms. The number of halogens is 1. The number of amides is 1. The summed E-state index contributed by atoms with van der Waals surface area (Å²) >= 11 is 5.96. The number of ether oxygens (including phenoxy) is 1. The van der Waals surface area contributed by atoms with Crippen LogP contribution in [0.25, 0.3) is 0 Å². The maximum Gasteiger partial charge on any atom is 0.258 e. The molecule has 0 saturated heterocycles. The van der Waals surface area contributed by atoms with Gasteiger partial charge in [-0.3, -0.25) is 4.79 Å². The number of rotatable bonds is 3. The van der Waals surface area contributed by atoms with Crippen molar-refractivity contribution in [2.45, 2.75) is 33.2 Å². The Balaban J connectivity index is 2.56. The number of hydrogen-bond acceptors (Lipinski definition) is 2. The fourth-order valence-electron chi connectivity index (χ4n) is 1.32. The summed E-state index contributed by atoms with van der Waals surface area (Å²) in [6.07, 6.45) is 0. The van der Waals surface area contributed by atoms with Crippen molar-refractivity contribution in [3.8, 4) is 5.75 Å². The largest absolute Gasteiger partial charge is 0.482 e. The van der Waals surface area contributed by atoms with Crippen LogP contribution in [-0.4, -0.2) is 18.1 Å². The number of carbonyl (C=O) groups excluding carboxylic acids is 1. The molecule has 1 rings (SSSR count). The minimum atomic E-state index is -0.253. The second-order valence-corrected chi connectivity index (χ2v) is 5.43. The van der Waals surface area contributed by atoms with Gasteiger partial charge in [0.25, 0.3) is 5.91 Å². The van der Waals surface area contributed by atoms with E-state index in [1.807, 2.05) is 39.8 Å². The summed E-state index contributed by atoms with van der Waals surface area (Å²) in [6.45, 7) is 7.68. The predicted octanol–water partition coefficient (Wildman–Crippen LogP) is 2.94. The number of benzene rings is 1. The first-order chi connectivity index (χ1) is 7.78. The average Bonchev–Trinajstić information content (AvgIpc) is 2.17. The molecule has 3 nitrogen and oxygen atoms in total. The summed E-state index contributed by atoms with van der Waals surface area (Å²) < 4.78 is 5.38. The molecule has 0 bridgehead atoms. The van der Waals surface area contributed by atoms with Gasteiger partial charge < -0.3 is 10.1 Å². The lowest BCUT2D eigenvalue weighted by atomic mass is 10.1. The predicted molar refractivity (Wildman–Crippen MR) is 69.6 cm³/mol. The van der Waals surface area contributed by atoms with Crippen molar-refractivity contribution in [2.75, 3.05) is 6.61 Å². The second-order valence-electron chi connectivity index (χ2n) is 5.02. The van der Waals surface area contributed by atoms with Gasteiger partial charge in [-0.05, 0) is 45.4 Å². The molecular formula is C13H18ClNO2. The normalized spacial score (nSPS) is 11.1. The van der Waals surface area contributed by atoms with Gasteiger partial charge in [0.15, 0.2) is 6.61 Å². The standard InChI is InChI=1S/C13H18ClNO2/c1-9-5-6-10(14)11(7-9)17-8-12(16)15-13(2,3)4/h5-7H,8H2,1-4H3,(H,15,16). The number of hydrogen-bond donors (Lipinski definition) is 1. The van der Waals surface area contributed by atoms with Crippen LogP contribution in [0.5, 0.6) is 5.75 Å². The molecule has 0 aromatic heterocycles. The Morgan fingerprint density at radius 3 is 2.65 bits per heavy atom. The summed E-state index contributed by atoms with van der Waals surface area (Å²) in [5, 5.41) is 3.33. The molecule has 0 heterocycles. The second kappa shape index (κ2) is 5.41. The molecule has 1 N–H and O–H groups in total. The van der Waals surface area contributed by atoms with Gasteiger partial charge in [0.2, 0.25) is 0 Å². The minimum Gasteiger partial charge on any atom is -0.482 e. The molecule has 0 aliphatic carbocycles. The number of aryl methyl sites for hydroxylation is 1. The van der Waals surface area contributed by atoms with E-state index in [2.05, 4.69) is 5.32 Å². The van der Waals surface area contributed by atoms with E-state index in [1.54, 1.807) is 6.07 Å². The SMILES string of the molecule is Cc1ccc(Cl)c(OCC(=O)NC(C)(C)C)c1. The van der Waals surface area contributed by atoms with E-state index in [4.69, 9.17) is 16.3 Å². The highest BCUT2D eigenvalue weighted by molar-refractivity contribution is 6.32. The van der Waals surface area contributed by atoms with E-state index < -0.39 is 0 Å². The topological polar surface area (TPSA) is 38.3 Å². The van der Waals surface area contributed by atoms with Gasteiger partial charge in [0.1, 0.15) is 5.75 Å². The van der Waals surface area contributed by atoms with Crippen LogP contribution in [0.2, 0.25) is 5.02 Å². The van der Waals surface area contributed by atoms with Gasteiger partial charge in [-0.15, -0.1) is 0 Å². The summed E-state index contributed by atoms with van der Waals surface area (Å²) in [7, 11) is 0. The van der Waals surface area contributed by atoms with E-state index in [1.165, 1.54) is 0 Å². The third kappa shape index (κ3) is 5.09. The van der Waals surface area contributed by atoms with Crippen molar-refractivity contribution in [3.05, 3.63) is 28.8 Å². The van der Waals surface area contributed by atoms with Gasteiger partial charge in [-0.2, -0.15) is 0 Å². The van der Waals surface area contributed by atoms with Gasteiger partial charge in [-0.25, -0.2) is 0 Å². The first kappa shape index (κ1) is 13.8. The van der Waals surface area contributed by atoms with E-state index in [9.17, 15) is 4.79 Å². The van der Waals surface area contributed by atoms with Crippen LogP contribution in [0.1, 0.15) is 26.3 Å². The molecular weight excluding hydrogens is 238 g/mol. The summed E-state index contributed by atoms with van der Waals surface area (Å²) in [5.41, 5.74) is 0.789. The fraction of sp³-hybridized carbons (Fsp3) is 0.462. The fourth-order valence-corrected chi connectivity index (χ4v) is 1.49. The van der Waals surface area contributed by atoms with Gasteiger partial charge in [0, 0.05) is 5.54 Å². The van der Waals surface area contributed by atoms with Gasteiger partial charge in [-0.1, -0.05) is 17.7 Å². The summed E-state index contributed by atoms with van der Waals surface area (Å²) in [5.74, 6) is 0.380. The molecule has 0 aliphatic heterocycles. The van der Waals surface area contributed by atoms with Crippen molar-refractivity contribution in [1.82, 2.24) is 5.32 Å². The molecule has 0 aliphatic rings. The lowest BCUT2D eigenvalue weighted by molar-refractivity contribution is -0.124. The van der Waals surface area contributed by atoms with Gasteiger partial charge >= 0.3 is 0 Å². The maximum atomic E-state index is 11.5. The van der Waals surface area contributed by atoms with Crippen LogP contribution in [-0.2, 0) is 4.79 Å². The zero-order valence-corrected chi connectivity index (χ0v) is 11.4. The number of carbonyl (C=O) groups is 1. The molecule has 0 saturated carbocycles. The van der Waals surface area contributed by atoms with Crippen LogP contribution in [0, 0.1) is 6.92 Å². The lowest BCUT2D eigenvalue weighted by Crippen LogP contribution is -2.43. The van der Waals surface area contributed by atoms with Crippen LogP contribution < -0.4 is 10.1 Å². The highest BCUT2D eigenvalue weighted by Gasteiger charge is 2.14. The molecule has 0 atom stereocenters. The third-order valence-electron chi connectivity index (χ3n) is 1.96. The monoisotopic (exact) mass is 255 g/mol. The van der Waals surface area contributed by atoms with Crippen molar-refractivity contribution >= 4 is 17.5 Å². The Labute approximate surface area is 107 Å². The van der Waals surface area contributed by atoms with Crippen LogP contribution in [0.4, 0.5) is 0 Å². The highest BCUT2D eigenvalue weighted by Crippen LogP contribution is 2.25. The Morgan fingerprint density at radius 2 is 2.06 bits per heavy atom. The van der Waals surface area contributed by atoms with Crippen LogP contribution in [0.3, 0.4) is 0 Å². The molecule has 1 aromatic rings. The summed E-state index contributed by atoms with van der Waals surface area (Å²) in [4.78, 5) is 11.5. The molecule has 94 valence electrons. The quantitative estimate of drug-likeness (QED) is 0.902. The molecule has 1 aromatic carbocycles. The van der Waals surface area contributed by atoms with E-state index >= 15 is 0 Å².